The second-order valence-corrected chi connectivity index (χ2v) is 7.50. The zero-order valence-electron chi connectivity index (χ0n) is 16.9. The third kappa shape index (κ3) is 6.25. The number of hydrogen-bond acceptors (Lipinski definition) is 3. The molecule has 1 heterocycles. The number of benzene rings is 1. The van der Waals surface area contributed by atoms with Crippen LogP contribution in [0, 0.1) is 11.8 Å². The van der Waals surface area contributed by atoms with Gasteiger partial charge in [0.2, 0.25) is 0 Å². The fraction of sp³-hybridized carbons (Fsp3) is 0.619. The van der Waals surface area contributed by atoms with Gasteiger partial charge in [0.1, 0.15) is 5.75 Å². The van der Waals surface area contributed by atoms with Crippen LogP contribution in [0.4, 0.5) is 0 Å². The third-order valence-corrected chi connectivity index (χ3v) is 5.58. The van der Waals surface area contributed by atoms with E-state index in [9.17, 15) is 4.79 Å². The normalized spacial score (nSPS) is 21.5. The van der Waals surface area contributed by atoms with Crippen molar-refractivity contribution in [2.75, 3.05) is 33.3 Å². The standard InChI is InChI=1S/C21H32N4O2.HI/c1-3-23-20(26)15-27-19-10-6-7-16(11-19)12-24-21(22-2)25-13-17-8-4-5-9-18(17)14-25;/h6-7,10-11,17-18H,3-5,8-9,12-15H2,1-2H3,(H,22,24)(H,23,26);1H. The Labute approximate surface area is 185 Å². The quantitative estimate of drug-likeness (QED) is 0.358. The first-order valence-corrected chi connectivity index (χ1v) is 10.1. The largest absolute Gasteiger partial charge is 0.484 e. The molecule has 0 spiro atoms. The molecule has 2 unspecified atom stereocenters. The molecule has 1 aromatic carbocycles. The minimum absolute atomic E-state index is 0. The molecule has 2 atom stereocenters. The number of fused-ring (bicyclic) bond motifs is 1. The predicted molar refractivity (Wildman–Crippen MR) is 123 cm³/mol. The molecular formula is C21H33IN4O2. The van der Waals surface area contributed by atoms with Crippen molar-refractivity contribution < 1.29 is 9.53 Å². The van der Waals surface area contributed by atoms with Crippen molar-refractivity contribution in [3.63, 3.8) is 0 Å². The van der Waals surface area contributed by atoms with Crippen LogP contribution in [-0.2, 0) is 11.3 Å². The highest BCUT2D eigenvalue weighted by molar-refractivity contribution is 14.0. The van der Waals surface area contributed by atoms with Gasteiger partial charge >= 0.3 is 0 Å². The van der Waals surface area contributed by atoms with Gasteiger partial charge in [-0.2, -0.15) is 0 Å². The maximum absolute atomic E-state index is 11.5. The third-order valence-electron chi connectivity index (χ3n) is 5.58. The Hall–Kier alpha value is -1.51. The lowest BCUT2D eigenvalue weighted by molar-refractivity contribution is -0.122. The van der Waals surface area contributed by atoms with E-state index in [1.54, 1.807) is 0 Å². The number of rotatable bonds is 6. The summed E-state index contributed by atoms with van der Waals surface area (Å²) in [5.74, 6) is 3.27. The number of carbonyl (C=O) groups is 1. The molecule has 3 rings (SSSR count). The Morgan fingerprint density at radius 3 is 2.57 bits per heavy atom. The van der Waals surface area contributed by atoms with Crippen LogP contribution in [0.1, 0.15) is 38.2 Å². The fourth-order valence-electron chi connectivity index (χ4n) is 4.23. The number of likely N-dealkylation sites (tertiary alicyclic amines) is 1. The first-order chi connectivity index (χ1) is 13.2. The van der Waals surface area contributed by atoms with Gasteiger partial charge in [-0.05, 0) is 49.3 Å². The van der Waals surface area contributed by atoms with Crippen molar-refractivity contribution in [1.82, 2.24) is 15.5 Å². The van der Waals surface area contributed by atoms with Crippen LogP contribution in [-0.4, -0.2) is 50.1 Å². The Kier molecular flexibility index (Phi) is 9.34. The maximum atomic E-state index is 11.5. The lowest BCUT2D eigenvalue weighted by atomic mass is 9.82. The van der Waals surface area contributed by atoms with Gasteiger partial charge in [-0.25, -0.2) is 0 Å². The molecule has 1 saturated carbocycles. The summed E-state index contributed by atoms with van der Waals surface area (Å²) in [4.78, 5) is 18.4. The molecule has 1 aliphatic carbocycles. The highest BCUT2D eigenvalue weighted by atomic mass is 127. The summed E-state index contributed by atoms with van der Waals surface area (Å²) in [6.07, 6.45) is 5.49. The molecule has 156 valence electrons. The Morgan fingerprint density at radius 1 is 1.21 bits per heavy atom. The number of halogens is 1. The number of hydrogen-bond donors (Lipinski definition) is 2. The minimum atomic E-state index is -0.100. The van der Waals surface area contributed by atoms with E-state index < -0.39 is 0 Å². The Balaban J connectivity index is 0.00000280. The lowest BCUT2D eigenvalue weighted by Crippen LogP contribution is -2.39. The second kappa shape index (κ2) is 11.5. The Morgan fingerprint density at radius 2 is 1.93 bits per heavy atom. The zero-order chi connectivity index (χ0) is 19.1. The topological polar surface area (TPSA) is 66.0 Å². The molecule has 7 heteroatoms. The molecule has 1 aromatic rings. The number of likely N-dealkylation sites (N-methyl/N-ethyl adjacent to an activating group) is 1. The van der Waals surface area contributed by atoms with E-state index in [0.29, 0.717) is 18.8 Å². The molecule has 2 fully saturated rings. The van der Waals surface area contributed by atoms with E-state index in [1.807, 2.05) is 32.2 Å². The number of ether oxygens (including phenoxy) is 1. The molecule has 2 aliphatic rings. The summed E-state index contributed by atoms with van der Waals surface area (Å²) in [6, 6.07) is 7.87. The first-order valence-electron chi connectivity index (χ1n) is 10.1. The number of aliphatic imine (C=N–C) groups is 1. The van der Waals surface area contributed by atoms with Gasteiger partial charge < -0.3 is 20.3 Å². The highest BCUT2D eigenvalue weighted by Crippen LogP contribution is 2.35. The van der Waals surface area contributed by atoms with Crippen LogP contribution in [0.5, 0.6) is 5.75 Å². The van der Waals surface area contributed by atoms with Gasteiger partial charge in [0.15, 0.2) is 12.6 Å². The van der Waals surface area contributed by atoms with Crippen molar-refractivity contribution in [1.29, 1.82) is 0 Å². The van der Waals surface area contributed by atoms with Crippen molar-refractivity contribution in [2.24, 2.45) is 16.8 Å². The molecular weight excluding hydrogens is 467 g/mol. The molecule has 0 aromatic heterocycles. The molecule has 1 saturated heterocycles. The van der Waals surface area contributed by atoms with Crippen LogP contribution in [0.15, 0.2) is 29.3 Å². The minimum Gasteiger partial charge on any atom is -0.484 e. The number of nitrogens with zero attached hydrogens (tertiary/aromatic N) is 2. The molecule has 2 N–H and O–H groups in total. The van der Waals surface area contributed by atoms with E-state index in [-0.39, 0.29) is 36.5 Å². The van der Waals surface area contributed by atoms with Crippen LogP contribution in [0.3, 0.4) is 0 Å². The summed E-state index contributed by atoms with van der Waals surface area (Å²) in [7, 11) is 1.86. The molecule has 6 nitrogen and oxygen atoms in total. The van der Waals surface area contributed by atoms with Gasteiger partial charge in [-0.1, -0.05) is 25.0 Å². The summed E-state index contributed by atoms with van der Waals surface area (Å²) in [6.45, 7) is 5.50. The second-order valence-electron chi connectivity index (χ2n) is 7.50. The van der Waals surface area contributed by atoms with Crippen molar-refractivity contribution >= 4 is 35.8 Å². The summed E-state index contributed by atoms with van der Waals surface area (Å²) >= 11 is 0. The fourth-order valence-corrected chi connectivity index (χ4v) is 4.23. The number of carbonyl (C=O) groups excluding carboxylic acids is 1. The van der Waals surface area contributed by atoms with Crippen molar-refractivity contribution in [3.05, 3.63) is 29.8 Å². The monoisotopic (exact) mass is 500 g/mol. The van der Waals surface area contributed by atoms with Gasteiger partial charge in [0, 0.05) is 33.2 Å². The SMILES string of the molecule is CCNC(=O)COc1cccc(CNC(=NC)N2CC3CCCCC3C2)c1.I. The Bertz CT molecular complexity index is 654. The van der Waals surface area contributed by atoms with Crippen molar-refractivity contribution in [2.45, 2.75) is 39.2 Å². The smallest absolute Gasteiger partial charge is 0.257 e. The van der Waals surface area contributed by atoms with Gasteiger partial charge in [-0.3, -0.25) is 9.79 Å². The first kappa shape index (κ1) is 22.8. The molecule has 1 amide bonds. The predicted octanol–water partition coefficient (Wildman–Crippen LogP) is 3.02. The molecule has 28 heavy (non-hydrogen) atoms. The van der Waals surface area contributed by atoms with Gasteiger partial charge in [0.05, 0.1) is 0 Å². The molecule has 0 radical (unpaired) electrons. The van der Waals surface area contributed by atoms with Gasteiger partial charge in [-0.15, -0.1) is 24.0 Å². The maximum Gasteiger partial charge on any atom is 0.257 e. The van der Waals surface area contributed by atoms with E-state index in [1.165, 1.54) is 25.7 Å². The van der Waals surface area contributed by atoms with Crippen LogP contribution >= 0.6 is 24.0 Å². The highest BCUT2D eigenvalue weighted by Gasteiger charge is 2.35. The number of amides is 1. The summed E-state index contributed by atoms with van der Waals surface area (Å²) < 4.78 is 5.58. The van der Waals surface area contributed by atoms with Crippen LogP contribution in [0.2, 0.25) is 0 Å². The van der Waals surface area contributed by atoms with E-state index in [0.717, 1.165) is 36.4 Å². The average Bonchev–Trinajstić information content (AvgIpc) is 3.11. The van der Waals surface area contributed by atoms with E-state index in [4.69, 9.17) is 4.74 Å². The average molecular weight is 500 g/mol. The summed E-state index contributed by atoms with van der Waals surface area (Å²) in [5, 5.41) is 6.22. The zero-order valence-corrected chi connectivity index (χ0v) is 19.3. The van der Waals surface area contributed by atoms with E-state index in [2.05, 4.69) is 26.6 Å². The molecule has 0 bridgehead atoms. The van der Waals surface area contributed by atoms with Gasteiger partial charge in [0.25, 0.3) is 5.91 Å². The lowest BCUT2D eigenvalue weighted by Gasteiger charge is -2.22. The number of guanidine groups is 1. The van der Waals surface area contributed by atoms with E-state index >= 15 is 0 Å². The van der Waals surface area contributed by atoms with Crippen LogP contribution in [0.25, 0.3) is 0 Å². The van der Waals surface area contributed by atoms with Crippen LogP contribution < -0.4 is 15.4 Å². The summed E-state index contributed by atoms with van der Waals surface area (Å²) in [5.41, 5.74) is 1.11. The molecule has 1 aliphatic heterocycles. The number of nitrogens with one attached hydrogen (secondary N) is 2. The van der Waals surface area contributed by atoms with Crippen molar-refractivity contribution in [3.8, 4) is 5.75 Å².